The predicted octanol–water partition coefficient (Wildman–Crippen LogP) is 4.34. The van der Waals surface area contributed by atoms with Crippen LogP contribution in [0.1, 0.15) is 15.9 Å². The molecule has 8 heteroatoms. The number of para-hydroxylation sites is 1. The number of halogens is 2. The molecule has 0 fully saturated rings. The second-order valence-electron chi connectivity index (χ2n) is 6.00. The van der Waals surface area contributed by atoms with Gasteiger partial charge in [0.1, 0.15) is 5.75 Å². The van der Waals surface area contributed by atoms with E-state index in [-0.39, 0.29) is 12.5 Å². The second kappa shape index (κ2) is 9.91. The Hall–Kier alpha value is -3.09. The van der Waals surface area contributed by atoms with E-state index in [1.807, 2.05) is 6.07 Å². The lowest BCUT2D eigenvalue weighted by Crippen LogP contribution is -2.26. The van der Waals surface area contributed by atoms with Gasteiger partial charge in [0.2, 0.25) is 0 Å². The molecule has 0 aliphatic carbocycles. The average molecular weight is 430 g/mol. The van der Waals surface area contributed by atoms with Crippen molar-refractivity contribution in [1.29, 1.82) is 0 Å². The van der Waals surface area contributed by atoms with Gasteiger partial charge in [0.25, 0.3) is 11.8 Å². The van der Waals surface area contributed by atoms with Crippen LogP contribution >= 0.6 is 23.2 Å². The summed E-state index contributed by atoms with van der Waals surface area (Å²) in [6.45, 7) is 0.0557. The number of aromatic nitrogens is 1. The molecule has 0 spiro atoms. The fourth-order valence-electron chi connectivity index (χ4n) is 2.49. The van der Waals surface area contributed by atoms with Crippen LogP contribution < -0.4 is 15.4 Å². The first-order chi connectivity index (χ1) is 14.0. The van der Waals surface area contributed by atoms with Gasteiger partial charge in [0.15, 0.2) is 6.61 Å². The van der Waals surface area contributed by atoms with E-state index in [1.165, 1.54) is 6.07 Å². The van der Waals surface area contributed by atoms with Gasteiger partial charge in [-0.2, -0.15) is 0 Å². The number of rotatable bonds is 7. The molecule has 3 rings (SSSR count). The number of carbonyl (C=O) groups is 2. The van der Waals surface area contributed by atoms with Crippen LogP contribution in [0.15, 0.2) is 67.0 Å². The van der Waals surface area contributed by atoms with Crippen molar-refractivity contribution in [3.63, 3.8) is 0 Å². The van der Waals surface area contributed by atoms with E-state index in [0.29, 0.717) is 33.6 Å². The van der Waals surface area contributed by atoms with Crippen molar-refractivity contribution in [3.05, 3.63) is 88.2 Å². The molecule has 2 aromatic carbocycles. The molecule has 0 aliphatic rings. The highest BCUT2D eigenvalue weighted by Crippen LogP contribution is 2.27. The summed E-state index contributed by atoms with van der Waals surface area (Å²) >= 11 is 11.9. The lowest BCUT2D eigenvalue weighted by atomic mass is 10.1. The number of hydrogen-bond donors (Lipinski definition) is 2. The van der Waals surface area contributed by atoms with E-state index in [4.69, 9.17) is 27.9 Å². The lowest BCUT2D eigenvalue weighted by Gasteiger charge is -2.12. The molecule has 29 heavy (non-hydrogen) atoms. The van der Waals surface area contributed by atoms with E-state index in [1.54, 1.807) is 54.9 Å². The van der Waals surface area contributed by atoms with Gasteiger partial charge in [-0.05, 0) is 42.0 Å². The Kier molecular flexibility index (Phi) is 7.05. The fraction of sp³-hybridized carbons (Fsp3) is 0.0952. The summed E-state index contributed by atoms with van der Waals surface area (Å²) in [4.78, 5) is 28.8. The number of pyridine rings is 1. The quantitative estimate of drug-likeness (QED) is 0.585. The number of amides is 2. The fourth-order valence-corrected chi connectivity index (χ4v) is 2.96. The Morgan fingerprint density at radius 2 is 1.86 bits per heavy atom. The summed E-state index contributed by atoms with van der Waals surface area (Å²) < 4.78 is 5.42. The molecular formula is C21H17Cl2N3O3. The van der Waals surface area contributed by atoms with Crippen LogP contribution in [0.25, 0.3) is 0 Å². The third kappa shape index (κ3) is 5.94. The molecule has 6 nitrogen and oxygen atoms in total. The molecule has 0 saturated carbocycles. The van der Waals surface area contributed by atoms with E-state index in [9.17, 15) is 9.59 Å². The van der Waals surface area contributed by atoms with Crippen molar-refractivity contribution in [1.82, 2.24) is 10.3 Å². The molecule has 0 radical (unpaired) electrons. The van der Waals surface area contributed by atoms with E-state index in [2.05, 4.69) is 15.6 Å². The molecule has 3 aromatic rings. The van der Waals surface area contributed by atoms with Crippen molar-refractivity contribution < 1.29 is 14.3 Å². The highest BCUT2D eigenvalue weighted by atomic mass is 35.5. The third-order valence-corrected chi connectivity index (χ3v) is 4.40. The Labute approximate surface area is 177 Å². The first-order valence-electron chi connectivity index (χ1n) is 8.67. The molecule has 2 N–H and O–H groups in total. The van der Waals surface area contributed by atoms with Gasteiger partial charge in [-0.3, -0.25) is 14.6 Å². The van der Waals surface area contributed by atoms with Crippen LogP contribution in [0.3, 0.4) is 0 Å². The minimum atomic E-state index is -0.427. The van der Waals surface area contributed by atoms with Crippen LogP contribution in [-0.4, -0.2) is 23.4 Å². The summed E-state index contributed by atoms with van der Waals surface area (Å²) in [5.41, 5.74) is 1.59. The van der Waals surface area contributed by atoms with Crippen LogP contribution in [0.2, 0.25) is 10.0 Å². The van der Waals surface area contributed by atoms with E-state index in [0.717, 1.165) is 5.56 Å². The Morgan fingerprint density at radius 3 is 2.62 bits per heavy atom. The van der Waals surface area contributed by atoms with Gasteiger partial charge in [-0.1, -0.05) is 41.4 Å². The van der Waals surface area contributed by atoms with Crippen LogP contribution in [0.4, 0.5) is 5.69 Å². The van der Waals surface area contributed by atoms with Crippen molar-refractivity contribution in [3.8, 4) is 5.75 Å². The van der Waals surface area contributed by atoms with Gasteiger partial charge >= 0.3 is 0 Å². The normalized spacial score (nSPS) is 10.3. The maximum atomic E-state index is 12.5. The zero-order valence-corrected chi connectivity index (χ0v) is 16.7. The monoisotopic (exact) mass is 429 g/mol. The average Bonchev–Trinajstić information content (AvgIpc) is 2.72. The van der Waals surface area contributed by atoms with Gasteiger partial charge in [0.05, 0.1) is 16.3 Å². The highest BCUT2D eigenvalue weighted by molar-refractivity contribution is 6.35. The smallest absolute Gasteiger partial charge is 0.262 e. The highest BCUT2D eigenvalue weighted by Gasteiger charge is 2.14. The third-order valence-electron chi connectivity index (χ3n) is 3.87. The molecule has 0 bridgehead atoms. The topological polar surface area (TPSA) is 80.3 Å². The van der Waals surface area contributed by atoms with Crippen molar-refractivity contribution >= 4 is 40.7 Å². The summed E-state index contributed by atoms with van der Waals surface area (Å²) in [5.74, 6) is -0.399. The lowest BCUT2D eigenvalue weighted by molar-refractivity contribution is -0.118. The molecule has 1 heterocycles. The first kappa shape index (κ1) is 20.6. The molecule has 0 saturated heterocycles. The molecular weight excluding hydrogens is 413 g/mol. The Morgan fingerprint density at radius 1 is 1.03 bits per heavy atom. The number of benzene rings is 2. The standard InChI is InChI=1S/C21H17Cl2N3O3/c22-15-7-8-19(17(23)10-15)29-13-20(27)26-18-6-2-1-5-16(18)21(28)25-12-14-4-3-9-24-11-14/h1-11H,12-13H2,(H,25,28)(H,26,27). The van der Waals surface area contributed by atoms with E-state index < -0.39 is 5.91 Å². The zero-order chi connectivity index (χ0) is 20.6. The van der Waals surface area contributed by atoms with Crippen LogP contribution in [0.5, 0.6) is 5.75 Å². The summed E-state index contributed by atoms with van der Waals surface area (Å²) in [6, 6.07) is 15.1. The molecule has 1 aromatic heterocycles. The van der Waals surface area contributed by atoms with Crippen molar-refractivity contribution in [2.75, 3.05) is 11.9 Å². The van der Waals surface area contributed by atoms with Gasteiger partial charge in [-0.25, -0.2) is 0 Å². The molecule has 2 amide bonds. The Balaban J connectivity index is 1.60. The molecule has 0 aliphatic heterocycles. The number of nitrogens with zero attached hydrogens (tertiary/aromatic N) is 1. The zero-order valence-electron chi connectivity index (χ0n) is 15.2. The van der Waals surface area contributed by atoms with Crippen LogP contribution in [0, 0.1) is 0 Å². The number of anilines is 1. The van der Waals surface area contributed by atoms with Gasteiger partial charge in [0, 0.05) is 24.0 Å². The summed E-state index contributed by atoms with van der Waals surface area (Å²) in [5, 5.41) is 6.27. The Bertz CT molecular complexity index is 1010. The van der Waals surface area contributed by atoms with Crippen molar-refractivity contribution in [2.24, 2.45) is 0 Å². The van der Waals surface area contributed by atoms with Gasteiger partial charge < -0.3 is 15.4 Å². The predicted molar refractivity (Wildman–Crippen MR) is 112 cm³/mol. The largest absolute Gasteiger partial charge is 0.482 e. The number of nitrogens with one attached hydrogen (secondary N) is 2. The molecule has 148 valence electrons. The van der Waals surface area contributed by atoms with E-state index >= 15 is 0 Å². The number of carbonyl (C=O) groups excluding carboxylic acids is 2. The minimum absolute atomic E-state index is 0.271. The summed E-state index contributed by atoms with van der Waals surface area (Å²) in [7, 11) is 0. The molecule has 0 atom stereocenters. The second-order valence-corrected chi connectivity index (χ2v) is 6.84. The van der Waals surface area contributed by atoms with Crippen molar-refractivity contribution in [2.45, 2.75) is 6.54 Å². The SMILES string of the molecule is O=C(COc1ccc(Cl)cc1Cl)Nc1ccccc1C(=O)NCc1cccnc1. The maximum Gasteiger partial charge on any atom is 0.262 e. The first-order valence-corrected chi connectivity index (χ1v) is 9.42. The molecule has 0 unspecified atom stereocenters. The number of ether oxygens (including phenoxy) is 1. The van der Waals surface area contributed by atoms with Crippen LogP contribution in [-0.2, 0) is 11.3 Å². The number of hydrogen-bond acceptors (Lipinski definition) is 4. The summed E-state index contributed by atoms with van der Waals surface area (Å²) in [6.07, 6.45) is 3.34. The van der Waals surface area contributed by atoms with Gasteiger partial charge in [-0.15, -0.1) is 0 Å². The minimum Gasteiger partial charge on any atom is -0.482 e. The maximum absolute atomic E-state index is 12.5.